The summed E-state index contributed by atoms with van der Waals surface area (Å²) in [5.41, 5.74) is -0.143. The van der Waals surface area contributed by atoms with Crippen LogP contribution in [0.3, 0.4) is 0 Å². The fraction of sp³-hybridized carbons (Fsp3) is 1.00. The normalized spacial score (nSPS) is 30.0. The predicted octanol–water partition coefficient (Wildman–Crippen LogP) is 2.51. The van der Waals surface area contributed by atoms with Crippen molar-refractivity contribution in [1.82, 2.24) is 10.2 Å². The molecule has 1 heterocycles. The van der Waals surface area contributed by atoms with Gasteiger partial charge in [-0.15, -0.1) is 0 Å². The molecular formula is C15H32N2O. The Morgan fingerprint density at radius 2 is 1.56 bits per heavy atom. The topological polar surface area (TPSA) is 24.5 Å². The van der Waals surface area contributed by atoms with Crippen molar-refractivity contribution in [3.63, 3.8) is 0 Å². The summed E-state index contributed by atoms with van der Waals surface area (Å²) in [4.78, 5) is 2.50. The van der Waals surface area contributed by atoms with Gasteiger partial charge in [0.1, 0.15) is 0 Å². The molecule has 18 heavy (non-hydrogen) atoms. The maximum absolute atomic E-state index is 6.31. The van der Waals surface area contributed by atoms with Crippen molar-refractivity contribution in [3.8, 4) is 0 Å². The second-order valence-electron chi connectivity index (χ2n) is 6.44. The van der Waals surface area contributed by atoms with E-state index in [4.69, 9.17) is 4.74 Å². The Bertz CT molecular complexity index is 259. The van der Waals surface area contributed by atoms with E-state index in [2.05, 4.69) is 58.7 Å². The van der Waals surface area contributed by atoms with E-state index in [0.29, 0.717) is 12.0 Å². The number of hydrogen-bond acceptors (Lipinski definition) is 3. The summed E-state index contributed by atoms with van der Waals surface area (Å²) < 4.78 is 6.31. The van der Waals surface area contributed by atoms with Gasteiger partial charge in [-0.2, -0.15) is 0 Å². The zero-order valence-electron chi connectivity index (χ0n) is 13.3. The average molecular weight is 256 g/mol. The van der Waals surface area contributed by atoms with E-state index in [1.807, 2.05) is 0 Å². The zero-order chi connectivity index (χ0) is 14.0. The third-order valence-electron chi connectivity index (χ3n) is 4.34. The molecule has 3 heteroatoms. The van der Waals surface area contributed by atoms with Crippen LogP contribution in [0.1, 0.15) is 48.5 Å². The highest BCUT2D eigenvalue weighted by molar-refractivity contribution is 5.06. The Balaban J connectivity index is 2.88. The highest BCUT2D eigenvalue weighted by Crippen LogP contribution is 2.42. The number of nitrogens with one attached hydrogen (secondary N) is 1. The summed E-state index contributed by atoms with van der Waals surface area (Å²) in [5.74, 6) is 0.535. The van der Waals surface area contributed by atoms with Crippen LogP contribution in [-0.2, 0) is 4.74 Å². The van der Waals surface area contributed by atoms with E-state index in [0.717, 1.165) is 26.2 Å². The van der Waals surface area contributed by atoms with Crippen LogP contribution in [-0.4, -0.2) is 48.3 Å². The van der Waals surface area contributed by atoms with Crippen molar-refractivity contribution in [3.05, 3.63) is 0 Å². The monoisotopic (exact) mass is 256 g/mol. The summed E-state index contributed by atoms with van der Waals surface area (Å²) in [7, 11) is 0. The van der Waals surface area contributed by atoms with Gasteiger partial charge in [0.25, 0.3) is 0 Å². The summed E-state index contributed by atoms with van der Waals surface area (Å²) in [6.07, 6.45) is 0. The largest absolute Gasteiger partial charge is 0.368 e. The fourth-order valence-corrected chi connectivity index (χ4v) is 3.40. The average Bonchev–Trinajstić information content (AvgIpc) is 2.42. The molecule has 2 atom stereocenters. The molecule has 0 aliphatic carbocycles. The minimum Gasteiger partial charge on any atom is -0.368 e. The number of ether oxygens (including phenoxy) is 1. The van der Waals surface area contributed by atoms with Gasteiger partial charge in [0, 0.05) is 18.5 Å². The predicted molar refractivity (Wildman–Crippen MR) is 78.0 cm³/mol. The molecule has 0 radical (unpaired) electrons. The Labute approximate surface area is 113 Å². The van der Waals surface area contributed by atoms with Crippen LogP contribution in [0.15, 0.2) is 0 Å². The van der Waals surface area contributed by atoms with Gasteiger partial charge < -0.3 is 15.0 Å². The number of likely N-dealkylation sites (N-methyl/N-ethyl adjacent to an activating group) is 1. The Kier molecular flexibility index (Phi) is 5.22. The Morgan fingerprint density at radius 1 is 1.00 bits per heavy atom. The van der Waals surface area contributed by atoms with Crippen molar-refractivity contribution >= 4 is 0 Å². The van der Waals surface area contributed by atoms with Crippen LogP contribution in [0.5, 0.6) is 0 Å². The van der Waals surface area contributed by atoms with Crippen LogP contribution in [0.25, 0.3) is 0 Å². The molecule has 0 spiro atoms. The maximum atomic E-state index is 6.31. The lowest BCUT2D eigenvalue weighted by Crippen LogP contribution is -2.50. The smallest absolute Gasteiger partial charge is 0.0790 e. The van der Waals surface area contributed by atoms with Gasteiger partial charge in [-0.25, -0.2) is 0 Å². The Morgan fingerprint density at radius 3 is 2.00 bits per heavy atom. The lowest BCUT2D eigenvalue weighted by Gasteiger charge is -2.34. The molecule has 1 aliphatic heterocycles. The molecule has 0 aromatic heterocycles. The van der Waals surface area contributed by atoms with Crippen LogP contribution < -0.4 is 5.32 Å². The molecule has 1 fully saturated rings. The van der Waals surface area contributed by atoms with Gasteiger partial charge in [0.15, 0.2) is 0 Å². The van der Waals surface area contributed by atoms with E-state index in [-0.39, 0.29) is 11.2 Å². The third-order valence-corrected chi connectivity index (χ3v) is 4.34. The number of hydrogen-bond donors (Lipinski definition) is 1. The lowest BCUT2D eigenvalue weighted by molar-refractivity contribution is -0.0794. The van der Waals surface area contributed by atoms with Gasteiger partial charge >= 0.3 is 0 Å². The van der Waals surface area contributed by atoms with Crippen molar-refractivity contribution in [2.24, 2.45) is 5.92 Å². The van der Waals surface area contributed by atoms with Gasteiger partial charge in [0.2, 0.25) is 0 Å². The van der Waals surface area contributed by atoms with Crippen LogP contribution in [0.2, 0.25) is 0 Å². The van der Waals surface area contributed by atoms with E-state index in [1.54, 1.807) is 0 Å². The minimum atomic E-state index is -0.0860. The molecule has 0 bridgehead atoms. The zero-order valence-corrected chi connectivity index (χ0v) is 13.3. The Hall–Kier alpha value is -0.120. The molecule has 1 rings (SSSR count). The molecule has 0 amide bonds. The molecule has 2 unspecified atom stereocenters. The van der Waals surface area contributed by atoms with Crippen LogP contribution >= 0.6 is 0 Å². The molecule has 0 aromatic rings. The molecule has 3 nitrogen and oxygen atoms in total. The van der Waals surface area contributed by atoms with E-state index < -0.39 is 0 Å². The highest BCUT2D eigenvalue weighted by atomic mass is 16.5. The SMILES string of the molecule is CCNC1C(CN(CC)CC)C(C)(C)OC1(C)C. The van der Waals surface area contributed by atoms with Gasteiger partial charge in [-0.05, 0) is 47.3 Å². The molecule has 1 aliphatic rings. The van der Waals surface area contributed by atoms with Crippen molar-refractivity contribution in [2.45, 2.75) is 65.7 Å². The summed E-state index contributed by atoms with van der Waals surface area (Å²) in [6.45, 7) is 19.9. The summed E-state index contributed by atoms with van der Waals surface area (Å²) in [6, 6.07) is 0.429. The molecular weight excluding hydrogens is 224 g/mol. The number of nitrogens with zero attached hydrogens (tertiary/aromatic N) is 1. The minimum absolute atomic E-state index is 0.0566. The van der Waals surface area contributed by atoms with Crippen molar-refractivity contribution < 1.29 is 4.74 Å². The lowest BCUT2D eigenvalue weighted by atomic mass is 9.82. The van der Waals surface area contributed by atoms with Crippen LogP contribution in [0.4, 0.5) is 0 Å². The number of rotatable bonds is 6. The first-order chi connectivity index (χ1) is 8.28. The van der Waals surface area contributed by atoms with Crippen molar-refractivity contribution in [2.75, 3.05) is 26.2 Å². The standard InChI is InChI=1S/C15H32N2O/c1-8-16-13-12(11-17(9-2)10-3)14(4,5)18-15(13,6)7/h12-13,16H,8-11H2,1-7H3. The van der Waals surface area contributed by atoms with Gasteiger partial charge in [-0.1, -0.05) is 20.8 Å². The first-order valence-electron chi connectivity index (χ1n) is 7.44. The van der Waals surface area contributed by atoms with E-state index in [9.17, 15) is 0 Å². The first-order valence-corrected chi connectivity index (χ1v) is 7.44. The highest BCUT2D eigenvalue weighted by Gasteiger charge is 2.53. The van der Waals surface area contributed by atoms with Gasteiger partial charge in [0.05, 0.1) is 11.2 Å². The third kappa shape index (κ3) is 3.25. The summed E-state index contributed by atoms with van der Waals surface area (Å²) >= 11 is 0. The van der Waals surface area contributed by atoms with Crippen LogP contribution in [0, 0.1) is 5.92 Å². The second kappa shape index (κ2) is 5.89. The molecule has 0 saturated carbocycles. The maximum Gasteiger partial charge on any atom is 0.0790 e. The van der Waals surface area contributed by atoms with E-state index in [1.165, 1.54) is 0 Å². The summed E-state index contributed by atoms with van der Waals surface area (Å²) in [5, 5.41) is 3.64. The fourth-order valence-electron chi connectivity index (χ4n) is 3.40. The molecule has 1 N–H and O–H groups in total. The van der Waals surface area contributed by atoms with Gasteiger partial charge in [-0.3, -0.25) is 0 Å². The second-order valence-corrected chi connectivity index (χ2v) is 6.44. The van der Waals surface area contributed by atoms with Crippen molar-refractivity contribution in [1.29, 1.82) is 0 Å². The molecule has 108 valence electrons. The quantitative estimate of drug-likeness (QED) is 0.790. The van der Waals surface area contributed by atoms with E-state index >= 15 is 0 Å². The molecule has 0 aromatic carbocycles. The first kappa shape index (κ1) is 15.9. The molecule has 1 saturated heterocycles.